The van der Waals surface area contributed by atoms with Crippen LogP contribution in [0.1, 0.15) is 37.7 Å². The lowest BCUT2D eigenvalue weighted by molar-refractivity contribution is 0.180. The highest BCUT2D eigenvalue weighted by atomic mass is 16.5. The molecule has 2 unspecified atom stereocenters. The van der Waals surface area contributed by atoms with Crippen molar-refractivity contribution in [2.75, 3.05) is 20.8 Å². The van der Waals surface area contributed by atoms with Crippen LogP contribution in [-0.2, 0) is 6.54 Å². The number of rotatable bonds is 6. The Balaban J connectivity index is 2.04. The van der Waals surface area contributed by atoms with Gasteiger partial charge in [0.1, 0.15) is 0 Å². The predicted molar refractivity (Wildman–Crippen MR) is 83.8 cm³/mol. The zero-order chi connectivity index (χ0) is 15.1. The van der Waals surface area contributed by atoms with Crippen molar-refractivity contribution in [2.24, 2.45) is 5.92 Å². The second-order valence-electron chi connectivity index (χ2n) is 5.72. The minimum Gasteiger partial charge on any atom is -0.493 e. The minimum atomic E-state index is 0.271. The number of ether oxygens (including phenoxy) is 2. The molecule has 2 atom stereocenters. The Labute approximate surface area is 127 Å². The van der Waals surface area contributed by atoms with E-state index in [9.17, 15) is 5.11 Å². The standard InChI is InChI=1S/C17H27NO3/c1-20-16-10-6-8-13(17(16)21-2)11-18-15-9-5-3-4-7-14(15)12-19/h6,8,10,14-15,18-19H,3-5,7,9,11-12H2,1-2H3. The minimum absolute atomic E-state index is 0.271. The summed E-state index contributed by atoms with van der Waals surface area (Å²) in [6.45, 7) is 1.01. The van der Waals surface area contributed by atoms with E-state index in [1.54, 1.807) is 14.2 Å². The summed E-state index contributed by atoms with van der Waals surface area (Å²) >= 11 is 0. The van der Waals surface area contributed by atoms with Crippen molar-refractivity contribution < 1.29 is 14.6 Å². The summed E-state index contributed by atoms with van der Waals surface area (Å²) in [5.74, 6) is 1.92. The normalized spacial score (nSPS) is 22.6. The number of aliphatic hydroxyl groups is 1. The maximum Gasteiger partial charge on any atom is 0.165 e. The average molecular weight is 293 g/mol. The Morgan fingerprint density at radius 3 is 2.67 bits per heavy atom. The number of nitrogens with one attached hydrogen (secondary N) is 1. The SMILES string of the molecule is COc1cccc(CNC2CCCCCC2CO)c1OC. The van der Waals surface area contributed by atoms with Crippen LogP contribution in [0, 0.1) is 5.92 Å². The summed E-state index contributed by atoms with van der Waals surface area (Å²) in [4.78, 5) is 0. The first-order chi connectivity index (χ1) is 10.3. The quantitative estimate of drug-likeness (QED) is 0.792. The number of hydrogen-bond acceptors (Lipinski definition) is 4. The molecule has 1 fully saturated rings. The van der Waals surface area contributed by atoms with Gasteiger partial charge in [0.15, 0.2) is 11.5 Å². The van der Waals surface area contributed by atoms with Crippen LogP contribution in [0.15, 0.2) is 18.2 Å². The Morgan fingerprint density at radius 2 is 1.95 bits per heavy atom. The fourth-order valence-electron chi connectivity index (χ4n) is 3.21. The van der Waals surface area contributed by atoms with Crippen LogP contribution in [0.25, 0.3) is 0 Å². The summed E-state index contributed by atoms with van der Waals surface area (Å²) in [5, 5.41) is 13.2. The Morgan fingerprint density at radius 1 is 1.14 bits per heavy atom. The first kappa shape index (κ1) is 16.1. The molecule has 4 heteroatoms. The lowest BCUT2D eigenvalue weighted by Gasteiger charge is -2.25. The van der Waals surface area contributed by atoms with Crippen LogP contribution in [0.2, 0.25) is 0 Å². The highest BCUT2D eigenvalue weighted by Gasteiger charge is 2.23. The second-order valence-corrected chi connectivity index (χ2v) is 5.72. The molecule has 0 spiro atoms. The van der Waals surface area contributed by atoms with Gasteiger partial charge in [-0.3, -0.25) is 0 Å². The maximum absolute atomic E-state index is 9.58. The van der Waals surface area contributed by atoms with Gasteiger partial charge in [0.2, 0.25) is 0 Å². The summed E-state index contributed by atoms with van der Waals surface area (Å²) in [6.07, 6.45) is 5.99. The lowest BCUT2D eigenvalue weighted by Crippen LogP contribution is -2.37. The molecule has 2 N–H and O–H groups in total. The van der Waals surface area contributed by atoms with Crippen molar-refractivity contribution in [2.45, 2.75) is 44.7 Å². The molecular formula is C17H27NO3. The fourth-order valence-corrected chi connectivity index (χ4v) is 3.21. The van der Waals surface area contributed by atoms with E-state index in [1.165, 1.54) is 19.3 Å². The highest BCUT2D eigenvalue weighted by molar-refractivity contribution is 5.46. The van der Waals surface area contributed by atoms with Crippen molar-refractivity contribution in [1.82, 2.24) is 5.32 Å². The van der Waals surface area contributed by atoms with E-state index in [1.807, 2.05) is 12.1 Å². The zero-order valence-electron chi connectivity index (χ0n) is 13.1. The Bertz CT molecular complexity index is 436. The molecule has 21 heavy (non-hydrogen) atoms. The molecule has 0 aromatic heterocycles. The fraction of sp³-hybridized carbons (Fsp3) is 0.647. The second kappa shape index (κ2) is 8.25. The van der Waals surface area contributed by atoms with Crippen molar-refractivity contribution >= 4 is 0 Å². The number of hydrogen-bond donors (Lipinski definition) is 2. The van der Waals surface area contributed by atoms with Gasteiger partial charge in [0, 0.05) is 24.8 Å². The van der Waals surface area contributed by atoms with Gasteiger partial charge in [-0.05, 0) is 24.8 Å². The van der Waals surface area contributed by atoms with Crippen molar-refractivity contribution in [3.63, 3.8) is 0 Å². The molecule has 4 nitrogen and oxygen atoms in total. The van der Waals surface area contributed by atoms with Gasteiger partial charge >= 0.3 is 0 Å². The Kier molecular flexibility index (Phi) is 6.33. The first-order valence-corrected chi connectivity index (χ1v) is 7.84. The third-order valence-electron chi connectivity index (χ3n) is 4.43. The summed E-state index contributed by atoms with van der Waals surface area (Å²) < 4.78 is 10.8. The molecule has 0 heterocycles. The molecule has 118 valence electrons. The van der Waals surface area contributed by atoms with E-state index in [0.717, 1.165) is 36.4 Å². The van der Waals surface area contributed by atoms with Crippen LogP contribution in [0.4, 0.5) is 0 Å². The number of aliphatic hydroxyl groups excluding tert-OH is 1. The molecule has 2 rings (SSSR count). The average Bonchev–Trinajstić information content (AvgIpc) is 2.77. The van der Waals surface area contributed by atoms with E-state index in [0.29, 0.717) is 12.0 Å². The third kappa shape index (κ3) is 4.11. The van der Waals surface area contributed by atoms with Gasteiger partial charge in [0.05, 0.1) is 14.2 Å². The van der Waals surface area contributed by atoms with Crippen LogP contribution >= 0.6 is 0 Å². The highest BCUT2D eigenvalue weighted by Crippen LogP contribution is 2.31. The molecule has 1 aliphatic rings. The molecular weight excluding hydrogens is 266 g/mol. The van der Waals surface area contributed by atoms with E-state index in [2.05, 4.69) is 11.4 Å². The number of para-hydroxylation sites is 1. The van der Waals surface area contributed by atoms with Crippen molar-refractivity contribution in [3.05, 3.63) is 23.8 Å². The first-order valence-electron chi connectivity index (χ1n) is 7.84. The molecule has 1 aromatic rings. The van der Waals surface area contributed by atoms with Gasteiger partial charge in [0.25, 0.3) is 0 Å². The number of benzene rings is 1. The smallest absolute Gasteiger partial charge is 0.165 e. The monoisotopic (exact) mass is 293 g/mol. The summed E-state index contributed by atoms with van der Waals surface area (Å²) in [7, 11) is 3.33. The Hall–Kier alpha value is -1.26. The molecule has 0 bridgehead atoms. The van der Waals surface area contributed by atoms with E-state index < -0.39 is 0 Å². The maximum atomic E-state index is 9.58. The van der Waals surface area contributed by atoms with Gasteiger partial charge in [-0.25, -0.2) is 0 Å². The van der Waals surface area contributed by atoms with Crippen LogP contribution < -0.4 is 14.8 Å². The van der Waals surface area contributed by atoms with E-state index >= 15 is 0 Å². The molecule has 0 radical (unpaired) electrons. The lowest BCUT2D eigenvalue weighted by atomic mass is 9.95. The summed E-state index contributed by atoms with van der Waals surface area (Å²) in [6, 6.07) is 6.33. The molecule has 0 saturated heterocycles. The number of methoxy groups -OCH3 is 2. The largest absolute Gasteiger partial charge is 0.493 e. The predicted octanol–water partition coefficient (Wildman–Crippen LogP) is 2.73. The van der Waals surface area contributed by atoms with Crippen molar-refractivity contribution in [3.8, 4) is 11.5 Å². The van der Waals surface area contributed by atoms with Crippen LogP contribution in [-0.4, -0.2) is 32.0 Å². The van der Waals surface area contributed by atoms with E-state index in [-0.39, 0.29) is 6.61 Å². The molecule has 1 aromatic carbocycles. The molecule has 1 aliphatic carbocycles. The van der Waals surface area contributed by atoms with Gasteiger partial charge in [-0.1, -0.05) is 31.4 Å². The molecule has 0 amide bonds. The zero-order valence-corrected chi connectivity index (χ0v) is 13.1. The van der Waals surface area contributed by atoms with Gasteiger partial charge in [-0.15, -0.1) is 0 Å². The summed E-state index contributed by atoms with van der Waals surface area (Å²) in [5.41, 5.74) is 1.10. The molecule has 1 saturated carbocycles. The van der Waals surface area contributed by atoms with Crippen LogP contribution in [0.5, 0.6) is 11.5 Å². The van der Waals surface area contributed by atoms with Gasteiger partial charge < -0.3 is 19.9 Å². The van der Waals surface area contributed by atoms with E-state index in [4.69, 9.17) is 9.47 Å². The van der Waals surface area contributed by atoms with Crippen molar-refractivity contribution in [1.29, 1.82) is 0 Å². The molecule has 0 aliphatic heterocycles. The topological polar surface area (TPSA) is 50.7 Å². The van der Waals surface area contributed by atoms with Crippen LogP contribution in [0.3, 0.4) is 0 Å². The van der Waals surface area contributed by atoms with Gasteiger partial charge in [-0.2, -0.15) is 0 Å². The third-order valence-corrected chi connectivity index (χ3v) is 4.43.